The third kappa shape index (κ3) is 4.53. The maximum Gasteiger partial charge on any atom is -1.00 e. The van der Waals surface area contributed by atoms with Gasteiger partial charge in [-0.05, 0) is 0 Å². The molecule has 0 radical (unpaired) electrons. The molecule has 183 valence electrons. The summed E-state index contributed by atoms with van der Waals surface area (Å²) in [5.74, 6) is 0. The molecule has 0 atom stereocenters. The maximum atomic E-state index is 2.57. The van der Waals surface area contributed by atoms with E-state index >= 15 is 0 Å². The van der Waals surface area contributed by atoms with Crippen LogP contribution in [-0.4, -0.2) is 0 Å². The minimum Gasteiger partial charge on any atom is -1.00 e. The molecule has 5 rings (SSSR count). The van der Waals surface area contributed by atoms with Gasteiger partial charge in [0.05, 0.1) is 0 Å². The van der Waals surface area contributed by atoms with Gasteiger partial charge in [0.15, 0.2) is 0 Å². The van der Waals surface area contributed by atoms with Crippen LogP contribution in [0.5, 0.6) is 0 Å². The molecule has 0 bridgehead atoms. The van der Waals surface area contributed by atoms with Gasteiger partial charge in [-0.25, -0.2) is 0 Å². The molecule has 2 aromatic rings. The molecule has 0 N–H and O–H groups in total. The Bertz CT molecular complexity index is 1480. The van der Waals surface area contributed by atoms with E-state index in [1.54, 1.807) is 30.4 Å². The first-order valence-electron chi connectivity index (χ1n) is 12.6. The average Bonchev–Trinajstić information content (AvgIpc) is 3.26. The van der Waals surface area contributed by atoms with Gasteiger partial charge in [0.25, 0.3) is 0 Å². The number of rotatable bonds is 1. The van der Waals surface area contributed by atoms with Crippen molar-refractivity contribution in [3.8, 4) is 0 Å². The van der Waals surface area contributed by atoms with Crippen molar-refractivity contribution in [1.29, 1.82) is 0 Å². The monoisotopic (exact) mass is 581 g/mol. The Morgan fingerprint density at radius 3 is 1.94 bits per heavy atom. The molecule has 35 heavy (non-hydrogen) atoms. The normalized spacial score (nSPS) is 16.3. The van der Waals surface area contributed by atoms with E-state index in [9.17, 15) is 0 Å². The molecule has 3 heteroatoms. The maximum absolute atomic E-state index is 2.57. The van der Waals surface area contributed by atoms with Gasteiger partial charge in [0.2, 0.25) is 0 Å². The van der Waals surface area contributed by atoms with E-state index in [0.717, 1.165) is 6.42 Å². The van der Waals surface area contributed by atoms with Crippen LogP contribution in [-0.2, 0) is 35.5 Å². The van der Waals surface area contributed by atoms with E-state index in [0.29, 0.717) is 0 Å². The summed E-state index contributed by atoms with van der Waals surface area (Å²) in [6.07, 6.45) is 11.9. The van der Waals surface area contributed by atoms with Crippen molar-refractivity contribution in [2.24, 2.45) is 0 Å². The largest absolute Gasteiger partial charge is 1.00 e. The molecule has 0 unspecified atom stereocenters. The number of allylic oxidation sites excluding steroid dienone is 4. The van der Waals surface area contributed by atoms with Crippen LogP contribution in [0, 0.1) is 24.3 Å². The predicted octanol–water partition coefficient (Wildman–Crippen LogP) is 0.888. The van der Waals surface area contributed by atoms with Gasteiger partial charge in [0.1, 0.15) is 0 Å². The third-order valence-electron chi connectivity index (χ3n) is 7.86. The van der Waals surface area contributed by atoms with E-state index in [1.807, 2.05) is 0 Å². The zero-order valence-corrected chi connectivity index (χ0v) is 26.4. The molecule has 3 aliphatic rings. The Hall–Kier alpha value is -0.877. The van der Waals surface area contributed by atoms with Gasteiger partial charge in [-0.3, -0.25) is 0 Å². The van der Waals surface area contributed by atoms with Gasteiger partial charge in [-0.15, -0.1) is 0 Å². The van der Waals surface area contributed by atoms with Gasteiger partial charge < -0.3 is 24.8 Å². The van der Waals surface area contributed by atoms with Crippen LogP contribution >= 0.6 is 0 Å². The second-order valence-electron chi connectivity index (χ2n) is 12.4. The van der Waals surface area contributed by atoms with Crippen LogP contribution < -0.4 is 35.3 Å². The Morgan fingerprint density at radius 1 is 0.800 bits per heavy atom. The van der Waals surface area contributed by atoms with Gasteiger partial charge in [-0.2, -0.15) is 0 Å². The van der Waals surface area contributed by atoms with Crippen LogP contribution in [0.3, 0.4) is 0 Å². The topological polar surface area (TPSA) is 0 Å². The van der Waals surface area contributed by atoms with Crippen molar-refractivity contribution in [1.82, 2.24) is 0 Å². The molecule has 0 spiro atoms. The summed E-state index contributed by atoms with van der Waals surface area (Å²) in [4.78, 5) is 0. The summed E-state index contributed by atoms with van der Waals surface area (Å²) in [6, 6.07) is 5.07. The van der Waals surface area contributed by atoms with E-state index in [-0.39, 0.29) is 35.6 Å². The van der Waals surface area contributed by atoms with Crippen LogP contribution in [0.2, 0.25) is 0 Å². The minimum absolute atomic E-state index is 0. The van der Waals surface area contributed by atoms with E-state index in [1.165, 1.54) is 82.2 Å². The number of fused-ring (bicyclic) bond motifs is 2. The first kappa shape index (κ1) is 28.7. The molecule has 0 heterocycles. The summed E-state index contributed by atoms with van der Waals surface area (Å²) in [5.41, 5.74) is 12.6. The summed E-state index contributed by atoms with van der Waals surface area (Å²) >= 11 is 1.53. The van der Waals surface area contributed by atoms with Gasteiger partial charge in [0, 0.05) is 0 Å². The molecule has 1 fully saturated rings. The van der Waals surface area contributed by atoms with Crippen LogP contribution in [0.1, 0.15) is 101 Å². The van der Waals surface area contributed by atoms with Crippen molar-refractivity contribution in [2.75, 3.05) is 0 Å². The summed E-state index contributed by atoms with van der Waals surface area (Å²) < 4.78 is 1.56. The fourth-order valence-electron chi connectivity index (χ4n) is 6.39. The zero-order chi connectivity index (χ0) is 23.9. The SMILES string of the molecule is Cc1cc2c(cc1C(C)(C)C)=c1c(c(C3=CC=CC3)c(C)c(C(C)(C)C)c1=C1CCC1)[C]=2[Zr+2].[Cl-].[Cl-]. The fraction of sp³-hybridized carbons (Fsp3) is 0.438. The average molecular weight is 584 g/mol. The number of hydrogen-bond donors (Lipinski definition) is 0. The van der Waals surface area contributed by atoms with Gasteiger partial charge >= 0.3 is 216 Å². The number of hydrogen-bond acceptors (Lipinski definition) is 0. The molecule has 3 aliphatic carbocycles. The number of aryl methyl sites for hydroxylation is 1. The molecule has 0 aromatic heterocycles. The number of halogens is 2. The first-order chi connectivity index (χ1) is 15.4. The smallest absolute Gasteiger partial charge is 1.00 e. The van der Waals surface area contributed by atoms with Crippen LogP contribution in [0.25, 0.3) is 14.4 Å². The minimum atomic E-state index is 0. The molecular weight excluding hydrogens is 546 g/mol. The molecule has 0 saturated heterocycles. The Morgan fingerprint density at radius 2 is 1.46 bits per heavy atom. The second kappa shape index (κ2) is 9.78. The molecule has 0 nitrogen and oxygen atoms in total. The van der Waals surface area contributed by atoms with E-state index in [2.05, 4.69) is 85.8 Å². The van der Waals surface area contributed by atoms with Crippen molar-refractivity contribution in [2.45, 2.75) is 91.9 Å². The first-order valence-corrected chi connectivity index (χ1v) is 13.8. The Labute approximate surface area is 239 Å². The van der Waals surface area contributed by atoms with Crippen molar-refractivity contribution in [3.63, 3.8) is 0 Å². The van der Waals surface area contributed by atoms with Crippen molar-refractivity contribution >= 4 is 14.4 Å². The van der Waals surface area contributed by atoms with Gasteiger partial charge in [-0.1, -0.05) is 0 Å². The molecule has 0 amide bonds. The third-order valence-corrected chi connectivity index (χ3v) is 9.14. The standard InChI is InChI=1S/C32H37.2ClH.Zr/c1-19-16-23-17-25-27(21-12-9-10-13-21)20(2)30(32(6,7)8)28(22-14-11-15-22)29(25)24(23)18-26(19)31(3,4)5;;;/h9-10,12,16,18H,11,13-15H2,1-8H3;2*1H;/q;;;+2/p-2. The predicted molar refractivity (Wildman–Crippen MR) is 138 cm³/mol. The Kier molecular flexibility index (Phi) is 8.02. The van der Waals surface area contributed by atoms with E-state index in [4.69, 9.17) is 0 Å². The molecular formula is C32H37Cl2Zr. The number of benzene rings is 2. The van der Waals surface area contributed by atoms with Crippen LogP contribution in [0.15, 0.2) is 30.4 Å². The molecule has 2 aromatic carbocycles. The summed E-state index contributed by atoms with van der Waals surface area (Å²) in [5, 5.41) is 6.17. The second-order valence-corrected chi connectivity index (χ2v) is 13.6. The summed E-state index contributed by atoms with van der Waals surface area (Å²) in [7, 11) is 0. The van der Waals surface area contributed by atoms with Crippen LogP contribution in [0.4, 0.5) is 0 Å². The zero-order valence-electron chi connectivity index (χ0n) is 22.5. The Balaban J connectivity index is 0.00000171. The summed E-state index contributed by atoms with van der Waals surface area (Å²) in [6.45, 7) is 19.1. The molecule has 1 saturated carbocycles. The quantitative estimate of drug-likeness (QED) is 0.468. The fourth-order valence-corrected chi connectivity index (χ4v) is 7.51. The molecule has 0 aliphatic heterocycles. The van der Waals surface area contributed by atoms with Crippen molar-refractivity contribution < 1.29 is 49.5 Å². The van der Waals surface area contributed by atoms with Crippen molar-refractivity contribution in [3.05, 3.63) is 84.6 Å². The van der Waals surface area contributed by atoms with E-state index < -0.39 is 0 Å².